The van der Waals surface area contributed by atoms with Gasteiger partial charge in [0.05, 0.1) is 17.4 Å². The molecule has 0 spiro atoms. The summed E-state index contributed by atoms with van der Waals surface area (Å²) in [4.78, 5) is 6.73. The second-order valence-electron chi connectivity index (χ2n) is 10.2. The zero-order chi connectivity index (χ0) is 26.3. The zero-order valence-electron chi connectivity index (χ0n) is 21.6. The van der Waals surface area contributed by atoms with Crippen molar-refractivity contribution in [3.63, 3.8) is 0 Å². The fourth-order valence-electron chi connectivity index (χ4n) is 5.20. The average molecular weight is 522 g/mol. The minimum absolute atomic E-state index is 0.0959. The summed E-state index contributed by atoms with van der Waals surface area (Å²) in [6.45, 7) is 10.5. The first-order chi connectivity index (χ1) is 17.6. The van der Waals surface area contributed by atoms with Gasteiger partial charge in [-0.25, -0.2) is 17.5 Å². The van der Waals surface area contributed by atoms with Crippen LogP contribution in [0.4, 0.5) is 4.39 Å². The number of halogens is 1. The Balaban J connectivity index is 1.54. The largest absolute Gasteiger partial charge is 0.293 e. The lowest BCUT2D eigenvalue weighted by atomic mass is 9.96. The van der Waals surface area contributed by atoms with Crippen molar-refractivity contribution in [2.24, 2.45) is 5.92 Å². The highest BCUT2D eigenvalue weighted by molar-refractivity contribution is 7.89. The summed E-state index contributed by atoms with van der Waals surface area (Å²) in [5.41, 5.74) is 4.56. The van der Waals surface area contributed by atoms with Gasteiger partial charge in [0.25, 0.3) is 0 Å². The summed E-state index contributed by atoms with van der Waals surface area (Å²) in [6.07, 6.45) is 4.87. The first-order valence-electron chi connectivity index (χ1n) is 12.5. The van der Waals surface area contributed by atoms with Crippen LogP contribution in [0.1, 0.15) is 36.6 Å². The standard InChI is InChI=1S/C28H32FN5O2S/c1-19(2)17-32-11-12-33(37(35,36)28-16-30-10-9-20(28)3)18-27(32)25-14-22-15-31-34(26(22)13-21(25)4)24-7-5-23(29)6-8-24/h5-10,13-16,19,27H,11-12,17-18H2,1-4H3. The molecule has 1 aliphatic rings. The van der Waals surface area contributed by atoms with E-state index in [0.29, 0.717) is 31.1 Å². The van der Waals surface area contributed by atoms with E-state index in [1.54, 1.807) is 40.3 Å². The summed E-state index contributed by atoms with van der Waals surface area (Å²) < 4.78 is 44.1. The van der Waals surface area contributed by atoms with Gasteiger partial charge < -0.3 is 0 Å². The molecular formula is C28H32FN5O2S. The van der Waals surface area contributed by atoms with Gasteiger partial charge in [-0.05, 0) is 78.9 Å². The lowest BCUT2D eigenvalue weighted by Gasteiger charge is -2.42. The Morgan fingerprint density at radius 2 is 1.78 bits per heavy atom. The predicted molar refractivity (Wildman–Crippen MR) is 143 cm³/mol. The van der Waals surface area contributed by atoms with Gasteiger partial charge in [0.2, 0.25) is 10.0 Å². The molecule has 5 rings (SSSR count). The van der Waals surface area contributed by atoms with Crippen molar-refractivity contribution < 1.29 is 12.8 Å². The third kappa shape index (κ3) is 4.91. The van der Waals surface area contributed by atoms with Crippen LogP contribution in [0.15, 0.2) is 66.0 Å². The van der Waals surface area contributed by atoms with Crippen molar-refractivity contribution in [2.45, 2.75) is 38.6 Å². The van der Waals surface area contributed by atoms with E-state index < -0.39 is 10.0 Å². The molecule has 37 heavy (non-hydrogen) atoms. The number of hydrogen-bond acceptors (Lipinski definition) is 5. The van der Waals surface area contributed by atoms with Gasteiger partial charge in [-0.1, -0.05) is 13.8 Å². The Kier molecular flexibility index (Phi) is 6.87. The Morgan fingerprint density at radius 1 is 1.03 bits per heavy atom. The number of sulfonamides is 1. The molecule has 194 valence electrons. The zero-order valence-corrected chi connectivity index (χ0v) is 22.4. The second kappa shape index (κ2) is 9.96. The minimum Gasteiger partial charge on any atom is -0.293 e. The SMILES string of the molecule is Cc1cc2c(cnn2-c2ccc(F)cc2)cc1C1CN(S(=O)(=O)c2cnccc2C)CCN1CC(C)C. The number of fused-ring (bicyclic) bond motifs is 1. The number of hydrogen-bond donors (Lipinski definition) is 0. The van der Waals surface area contributed by atoms with Crippen molar-refractivity contribution in [2.75, 3.05) is 26.2 Å². The number of aryl methyl sites for hydroxylation is 2. The third-order valence-corrected chi connectivity index (χ3v) is 9.04. The van der Waals surface area contributed by atoms with Crippen molar-refractivity contribution in [3.05, 3.63) is 83.6 Å². The van der Waals surface area contributed by atoms with Crippen molar-refractivity contribution in [3.8, 4) is 5.69 Å². The van der Waals surface area contributed by atoms with Crippen molar-refractivity contribution in [1.82, 2.24) is 24.0 Å². The van der Waals surface area contributed by atoms with Crippen LogP contribution in [0.2, 0.25) is 0 Å². The number of pyridine rings is 1. The van der Waals surface area contributed by atoms with Crippen LogP contribution in [0, 0.1) is 25.6 Å². The molecule has 0 saturated carbocycles. The van der Waals surface area contributed by atoms with Crippen LogP contribution in [0.3, 0.4) is 0 Å². The van der Waals surface area contributed by atoms with E-state index >= 15 is 0 Å². The smallest absolute Gasteiger partial charge is 0.244 e. The first-order valence-corrected chi connectivity index (χ1v) is 14.0. The summed E-state index contributed by atoms with van der Waals surface area (Å²) >= 11 is 0. The molecule has 1 unspecified atom stereocenters. The predicted octanol–water partition coefficient (Wildman–Crippen LogP) is 4.88. The van der Waals surface area contributed by atoms with Gasteiger partial charge >= 0.3 is 0 Å². The maximum atomic E-state index is 13.6. The molecule has 1 aliphatic heterocycles. The van der Waals surface area contributed by atoms with E-state index in [9.17, 15) is 12.8 Å². The molecule has 0 N–H and O–H groups in total. The van der Waals surface area contributed by atoms with Gasteiger partial charge in [0.1, 0.15) is 10.7 Å². The number of benzene rings is 2. The molecule has 2 aromatic heterocycles. The Labute approximate surface area is 217 Å². The lowest BCUT2D eigenvalue weighted by molar-refractivity contribution is 0.105. The molecular weight excluding hydrogens is 489 g/mol. The molecule has 1 fully saturated rings. The normalized spacial score (nSPS) is 17.6. The number of aromatic nitrogens is 3. The van der Waals surface area contributed by atoms with Gasteiger partial charge in [0.15, 0.2) is 0 Å². The molecule has 1 atom stereocenters. The molecule has 7 nitrogen and oxygen atoms in total. The van der Waals surface area contributed by atoms with E-state index in [2.05, 4.69) is 47.9 Å². The van der Waals surface area contributed by atoms with Gasteiger partial charge in [-0.15, -0.1) is 0 Å². The molecule has 4 aromatic rings. The Morgan fingerprint density at radius 3 is 2.49 bits per heavy atom. The number of piperazine rings is 1. The van der Waals surface area contributed by atoms with Crippen molar-refractivity contribution >= 4 is 20.9 Å². The maximum Gasteiger partial charge on any atom is 0.244 e. The minimum atomic E-state index is -3.68. The van der Waals surface area contributed by atoms with Crippen LogP contribution >= 0.6 is 0 Å². The van der Waals surface area contributed by atoms with Crippen LogP contribution in [0.5, 0.6) is 0 Å². The maximum absolute atomic E-state index is 13.6. The summed E-state index contributed by atoms with van der Waals surface area (Å²) in [5.74, 6) is 0.152. The van der Waals surface area contributed by atoms with Gasteiger partial charge in [0, 0.05) is 50.0 Å². The second-order valence-corrected chi connectivity index (χ2v) is 12.1. The van der Waals surface area contributed by atoms with Crippen molar-refractivity contribution in [1.29, 1.82) is 0 Å². The summed E-state index contributed by atoms with van der Waals surface area (Å²) in [6, 6.07) is 12.1. The monoisotopic (exact) mass is 521 g/mol. The fourth-order valence-corrected chi connectivity index (χ4v) is 6.80. The van der Waals surface area contributed by atoms with E-state index in [1.165, 1.54) is 18.3 Å². The van der Waals surface area contributed by atoms with Gasteiger partial charge in [-0.2, -0.15) is 9.40 Å². The molecule has 0 aliphatic carbocycles. The highest BCUT2D eigenvalue weighted by Gasteiger charge is 2.36. The summed E-state index contributed by atoms with van der Waals surface area (Å²) in [5, 5.41) is 5.52. The van der Waals surface area contributed by atoms with Crippen LogP contribution < -0.4 is 0 Å². The number of nitrogens with zero attached hydrogens (tertiary/aromatic N) is 5. The quantitative estimate of drug-likeness (QED) is 0.362. The van der Waals surface area contributed by atoms with Crippen LogP contribution in [-0.4, -0.2) is 58.6 Å². The molecule has 3 heterocycles. The van der Waals surface area contributed by atoms with E-state index in [4.69, 9.17) is 0 Å². The van der Waals surface area contributed by atoms with E-state index in [1.807, 2.05) is 6.20 Å². The van der Waals surface area contributed by atoms with E-state index in [0.717, 1.165) is 34.3 Å². The van der Waals surface area contributed by atoms with Gasteiger partial charge in [-0.3, -0.25) is 9.88 Å². The molecule has 0 bridgehead atoms. The number of rotatable bonds is 6. The van der Waals surface area contributed by atoms with Crippen LogP contribution in [-0.2, 0) is 10.0 Å². The molecule has 0 amide bonds. The Hall–Kier alpha value is -3.14. The molecule has 0 radical (unpaired) electrons. The molecule has 1 saturated heterocycles. The average Bonchev–Trinajstić information content (AvgIpc) is 3.26. The Bertz CT molecular complexity index is 1530. The first kappa shape index (κ1) is 25.5. The van der Waals surface area contributed by atoms with Crippen LogP contribution in [0.25, 0.3) is 16.6 Å². The van der Waals surface area contributed by atoms with E-state index in [-0.39, 0.29) is 16.8 Å². The topological polar surface area (TPSA) is 71.3 Å². The molecule has 9 heteroatoms. The third-order valence-electron chi connectivity index (χ3n) is 7.05. The highest BCUT2D eigenvalue weighted by Crippen LogP contribution is 2.34. The lowest BCUT2D eigenvalue weighted by Crippen LogP contribution is -2.51. The highest BCUT2D eigenvalue weighted by atomic mass is 32.2. The molecule has 2 aromatic carbocycles. The fraction of sp³-hybridized carbons (Fsp3) is 0.357. The summed E-state index contributed by atoms with van der Waals surface area (Å²) in [7, 11) is -3.68.